The lowest BCUT2D eigenvalue weighted by atomic mass is 10.1. The summed E-state index contributed by atoms with van der Waals surface area (Å²) >= 11 is 0. The first-order valence-electron chi connectivity index (χ1n) is 11.0. The molecule has 0 bridgehead atoms. The van der Waals surface area contributed by atoms with E-state index in [0.717, 1.165) is 12.8 Å². The van der Waals surface area contributed by atoms with E-state index in [-0.39, 0.29) is 10.9 Å². The first-order chi connectivity index (χ1) is 12.0. The van der Waals surface area contributed by atoms with Gasteiger partial charge in [-0.2, -0.15) is 0 Å². The minimum atomic E-state index is -3.72. The van der Waals surface area contributed by atoms with Crippen molar-refractivity contribution in [3.63, 3.8) is 0 Å². The fourth-order valence-corrected chi connectivity index (χ4v) is 3.47. The van der Waals surface area contributed by atoms with Crippen molar-refractivity contribution in [2.75, 3.05) is 6.16 Å². The van der Waals surface area contributed by atoms with Gasteiger partial charge in [-0.05, 0) is 6.42 Å². The molecule has 2 N–H and O–H groups in total. The topological polar surface area (TPSA) is 57.5 Å². The summed E-state index contributed by atoms with van der Waals surface area (Å²) in [5.41, 5.74) is 0. The van der Waals surface area contributed by atoms with Gasteiger partial charge in [-0.25, -0.2) is 0 Å². The van der Waals surface area contributed by atoms with Crippen LogP contribution in [0.4, 0.5) is 4.70 Å². The monoisotopic (exact) mass is 398 g/mol. The Morgan fingerprint density at radius 2 is 0.731 bits per heavy atom. The van der Waals surface area contributed by atoms with Gasteiger partial charge in [0.25, 0.3) is 0 Å². The smallest absolute Gasteiger partial charge is 0.324 e. The first-order valence-corrected chi connectivity index (χ1v) is 12.8. The van der Waals surface area contributed by atoms with Crippen molar-refractivity contribution in [1.82, 2.24) is 0 Å². The Balaban J connectivity index is -0.000000393. The molecule has 5 heteroatoms. The maximum atomic E-state index is 10.4. The molecule has 0 aromatic heterocycles. The molecule has 0 aliphatic carbocycles. The Hall–Kier alpha value is 0.0800. The van der Waals surface area contributed by atoms with Crippen LogP contribution in [0.25, 0.3) is 0 Å². The van der Waals surface area contributed by atoms with Crippen LogP contribution in [0.2, 0.25) is 0 Å². The molecule has 0 aromatic rings. The number of rotatable bonds is 17. The molecule has 26 heavy (non-hydrogen) atoms. The van der Waals surface area contributed by atoms with E-state index in [4.69, 9.17) is 9.79 Å². The molecule has 0 aliphatic heterocycles. The lowest BCUT2D eigenvalue weighted by molar-refractivity contribution is 0.370. The Morgan fingerprint density at radius 3 is 0.962 bits per heavy atom. The molecule has 0 unspecified atom stereocenters. The highest BCUT2D eigenvalue weighted by Gasteiger charge is 2.10. The molecular formula is C21H48FO3P. The predicted octanol–water partition coefficient (Wildman–Crippen LogP) is 7.99. The summed E-state index contributed by atoms with van der Waals surface area (Å²) in [4.78, 5) is 17.1. The highest BCUT2D eigenvalue weighted by Crippen LogP contribution is 2.35. The van der Waals surface area contributed by atoms with Gasteiger partial charge >= 0.3 is 7.60 Å². The van der Waals surface area contributed by atoms with Gasteiger partial charge in [0.2, 0.25) is 0 Å². The normalized spacial score (nSPS) is 10.8. The summed E-state index contributed by atoms with van der Waals surface area (Å²) < 4.78 is 10.4. The summed E-state index contributed by atoms with van der Waals surface area (Å²) in [7, 11) is -3.72. The molecule has 0 saturated carbocycles. The molecule has 0 atom stereocenters. The van der Waals surface area contributed by atoms with E-state index in [9.17, 15) is 4.57 Å². The summed E-state index contributed by atoms with van der Waals surface area (Å²) in [6, 6.07) is 0. The largest absolute Gasteiger partial charge is 0.325 e. The van der Waals surface area contributed by atoms with Crippen LogP contribution in [-0.2, 0) is 4.57 Å². The van der Waals surface area contributed by atoms with Gasteiger partial charge in [-0.1, -0.05) is 124 Å². The van der Waals surface area contributed by atoms with Crippen LogP contribution in [0.15, 0.2) is 0 Å². The molecule has 162 valence electrons. The summed E-state index contributed by atoms with van der Waals surface area (Å²) in [6.07, 6.45) is 22.3. The quantitative estimate of drug-likeness (QED) is 0.193. The zero-order valence-electron chi connectivity index (χ0n) is 17.9. The maximum absolute atomic E-state index is 10.4. The fourth-order valence-electron chi connectivity index (χ4n) is 2.84. The average molecular weight is 399 g/mol. The number of hydrogen-bond donors (Lipinski definition) is 2. The lowest BCUT2D eigenvalue weighted by Crippen LogP contribution is -1.88. The van der Waals surface area contributed by atoms with Gasteiger partial charge in [0.1, 0.15) is 0 Å². The molecular weight excluding hydrogens is 350 g/mol. The van der Waals surface area contributed by atoms with Crippen LogP contribution in [0.3, 0.4) is 0 Å². The van der Waals surface area contributed by atoms with Crippen LogP contribution < -0.4 is 0 Å². The van der Waals surface area contributed by atoms with Crippen molar-refractivity contribution in [3.8, 4) is 0 Å². The van der Waals surface area contributed by atoms with Crippen LogP contribution in [-0.4, -0.2) is 15.9 Å². The minimum absolute atomic E-state index is 0. The second-order valence-electron chi connectivity index (χ2n) is 7.34. The third-order valence-corrected chi connectivity index (χ3v) is 5.41. The SMILES string of the molecule is CCCCCCCCCCCCC.CCCCCCCCP(=O)(O)O.F. The van der Waals surface area contributed by atoms with Crippen LogP contribution in [0.5, 0.6) is 0 Å². The van der Waals surface area contributed by atoms with Gasteiger partial charge in [0, 0.05) is 6.16 Å². The van der Waals surface area contributed by atoms with Crippen LogP contribution in [0, 0.1) is 0 Å². The van der Waals surface area contributed by atoms with Gasteiger partial charge < -0.3 is 9.79 Å². The van der Waals surface area contributed by atoms with Gasteiger partial charge in [0.15, 0.2) is 0 Å². The van der Waals surface area contributed by atoms with E-state index >= 15 is 0 Å². The van der Waals surface area contributed by atoms with Crippen molar-refractivity contribution in [1.29, 1.82) is 0 Å². The molecule has 0 aromatic carbocycles. The van der Waals surface area contributed by atoms with E-state index in [0.29, 0.717) is 6.42 Å². The molecule has 0 spiro atoms. The van der Waals surface area contributed by atoms with Crippen molar-refractivity contribution < 1.29 is 19.1 Å². The van der Waals surface area contributed by atoms with Gasteiger partial charge in [-0.3, -0.25) is 9.27 Å². The summed E-state index contributed by atoms with van der Waals surface area (Å²) in [6.45, 7) is 6.71. The molecule has 0 rings (SSSR count). The Morgan fingerprint density at radius 1 is 0.500 bits per heavy atom. The van der Waals surface area contributed by atoms with Crippen molar-refractivity contribution in [3.05, 3.63) is 0 Å². The molecule has 0 aliphatic rings. The van der Waals surface area contributed by atoms with Crippen molar-refractivity contribution in [2.45, 2.75) is 130 Å². The lowest BCUT2D eigenvalue weighted by Gasteiger charge is -2.02. The highest BCUT2D eigenvalue weighted by atomic mass is 31.2. The second kappa shape index (κ2) is 25.1. The summed E-state index contributed by atoms with van der Waals surface area (Å²) in [5.74, 6) is 0. The number of halogens is 1. The van der Waals surface area contributed by atoms with Crippen molar-refractivity contribution in [2.24, 2.45) is 0 Å². The standard InChI is InChI=1S/C13H28.C8H19O3P.FH/c1-3-5-7-9-11-13-12-10-8-6-4-2;1-2-3-4-5-6-7-8-12(9,10)11;/h3-13H2,1-2H3;2-8H2,1H3,(H2,9,10,11);1H. The Labute approximate surface area is 163 Å². The maximum Gasteiger partial charge on any atom is 0.325 e. The number of hydrogen-bond acceptors (Lipinski definition) is 1. The minimum Gasteiger partial charge on any atom is -0.324 e. The fraction of sp³-hybridized carbons (Fsp3) is 1.00. The van der Waals surface area contributed by atoms with Crippen LogP contribution >= 0.6 is 7.60 Å². The molecule has 0 saturated heterocycles. The first kappa shape index (κ1) is 30.8. The zero-order valence-corrected chi connectivity index (χ0v) is 18.8. The van der Waals surface area contributed by atoms with Crippen LogP contribution in [0.1, 0.15) is 130 Å². The van der Waals surface area contributed by atoms with E-state index in [1.54, 1.807) is 0 Å². The van der Waals surface area contributed by atoms with Gasteiger partial charge in [-0.15, -0.1) is 0 Å². The molecule has 0 heterocycles. The van der Waals surface area contributed by atoms with Crippen molar-refractivity contribution >= 4 is 7.60 Å². The average Bonchev–Trinajstić information content (AvgIpc) is 2.56. The van der Waals surface area contributed by atoms with E-state index in [1.165, 1.54) is 89.9 Å². The zero-order chi connectivity index (χ0) is 19.2. The third-order valence-electron chi connectivity index (χ3n) is 4.51. The van der Waals surface area contributed by atoms with E-state index < -0.39 is 7.60 Å². The molecule has 0 fully saturated rings. The molecule has 0 amide bonds. The highest BCUT2D eigenvalue weighted by molar-refractivity contribution is 7.51. The summed E-state index contributed by atoms with van der Waals surface area (Å²) in [5, 5.41) is 0. The Kier molecular flexibility index (Phi) is 29.7. The second-order valence-corrected chi connectivity index (χ2v) is 9.11. The molecule has 3 nitrogen and oxygen atoms in total. The molecule has 0 radical (unpaired) electrons. The third kappa shape index (κ3) is 35.2. The van der Waals surface area contributed by atoms with E-state index in [2.05, 4.69) is 20.8 Å². The Bertz CT molecular complexity index is 272. The van der Waals surface area contributed by atoms with E-state index in [1.807, 2.05) is 0 Å². The van der Waals surface area contributed by atoms with Gasteiger partial charge in [0.05, 0.1) is 0 Å². The predicted molar refractivity (Wildman–Crippen MR) is 115 cm³/mol. The number of unbranched alkanes of at least 4 members (excludes halogenated alkanes) is 15.